The lowest BCUT2D eigenvalue weighted by Crippen LogP contribution is -2.34. The second-order valence-corrected chi connectivity index (χ2v) is 8.04. The van der Waals surface area contributed by atoms with E-state index in [1.807, 2.05) is 19.1 Å². The molecule has 0 bridgehead atoms. The molecule has 0 aliphatic rings. The predicted molar refractivity (Wildman–Crippen MR) is 141 cm³/mol. The van der Waals surface area contributed by atoms with Crippen LogP contribution in [-0.2, 0) is 11.4 Å². The Morgan fingerprint density at radius 3 is 2.32 bits per heavy atom. The molecular weight excluding hydrogens is 498 g/mol. The number of carbonyl (C=O) groups excluding carboxylic acids is 2. The highest BCUT2D eigenvalue weighted by Crippen LogP contribution is 2.29. The van der Waals surface area contributed by atoms with E-state index in [1.165, 1.54) is 26.5 Å². The summed E-state index contributed by atoms with van der Waals surface area (Å²) in [6, 6.07) is 17.4. The highest BCUT2D eigenvalue weighted by Gasteiger charge is 2.12. The van der Waals surface area contributed by atoms with E-state index in [4.69, 9.17) is 30.5 Å². The molecule has 3 rings (SSSR count). The van der Waals surface area contributed by atoms with E-state index in [1.54, 1.807) is 42.5 Å². The van der Waals surface area contributed by atoms with Gasteiger partial charge in [0.05, 0.1) is 33.6 Å². The second kappa shape index (κ2) is 13.7. The minimum absolute atomic E-state index is 0.258. The van der Waals surface area contributed by atoms with Gasteiger partial charge < -0.3 is 24.3 Å². The predicted octanol–water partition coefficient (Wildman–Crippen LogP) is 4.22. The van der Waals surface area contributed by atoms with Crippen LogP contribution < -0.4 is 29.7 Å². The van der Waals surface area contributed by atoms with E-state index >= 15 is 0 Å². The first-order chi connectivity index (χ1) is 17.9. The number of nitrogens with one attached hydrogen (secondary N) is 2. The minimum atomic E-state index is -0.488. The number of benzene rings is 3. The Hall–Kier alpha value is -4.24. The van der Waals surface area contributed by atoms with Crippen LogP contribution in [0.4, 0.5) is 0 Å². The molecule has 0 spiro atoms. The van der Waals surface area contributed by atoms with Crippen LogP contribution in [-0.4, -0.2) is 45.4 Å². The summed E-state index contributed by atoms with van der Waals surface area (Å²) in [6.45, 7) is 2.43. The fraction of sp³-hybridized carbons (Fsp3) is 0.222. The van der Waals surface area contributed by atoms with Crippen LogP contribution in [0.1, 0.15) is 28.4 Å². The first-order valence-corrected chi connectivity index (χ1v) is 11.8. The van der Waals surface area contributed by atoms with E-state index < -0.39 is 11.8 Å². The third-order valence-electron chi connectivity index (χ3n) is 5.03. The molecule has 10 heteroatoms. The highest BCUT2D eigenvalue weighted by atomic mass is 35.5. The van der Waals surface area contributed by atoms with Gasteiger partial charge in [0.1, 0.15) is 6.61 Å². The number of hydrogen-bond acceptors (Lipinski definition) is 7. The maximum atomic E-state index is 12.3. The van der Waals surface area contributed by atoms with Crippen molar-refractivity contribution in [2.45, 2.75) is 13.5 Å². The Labute approximate surface area is 220 Å². The van der Waals surface area contributed by atoms with E-state index in [0.29, 0.717) is 52.4 Å². The van der Waals surface area contributed by atoms with Crippen LogP contribution >= 0.6 is 11.6 Å². The lowest BCUT2D eigenvalue weighted by molar-refractivity contribution is -0.120. The molecule has 0 aliphatic heterocycles. The molecule has 3 aromatic carbocycles. The minimum Gasteiger partial charge on any atom is -0.493 e. The number of amides is 2. The van der Waals surface area contributed by atoms with Gasteiger partial charge in [0.15, 0.2) is 23.0 Å². The lowest BCUT2D eigenvalue weighted by atomic mass is 10.2. The Morgan fingerprint density at radius 1 is 0.892 bits per heavy atom. The molecule has 0 saturated heterocycles. The fourth-order valence-electron chi connectivity index (χ4n) is 3.19. The molecule has 37 heavy (non-hydrogen) atoms. The van der Waals surface area contributed by atoms with Gasteiger partial charge in [0, 0.05) is 10.6 Å². The zero-order valence-electron chi connectivity index (χ0n) is 20.7. The first-order valence-electron chi connectivity index (χ1n) is 11.4. The summed E-state index contributed by atoms with van der Waals surface area (Å²) in [7, 11) is 2.98. The summed E-state index contributed by atoms with van der Waals surface area (Å²) in [5.74, 6) is 1.12. The zero-order chi connectivity index (χ0) is 26.6. The molecule has 0 saturated carbocycles. The topological polar surface area (TPSA) is 107 Å². The van der Waals surface area contributed by atoms with Crippen LogP contribution in [0.2, 0.25) is 5.02 Å². The van der Waals surface area contributed by atoms with Crippen molar-refractivity contribution in [3.63, 3.8) is 0 Å². The van der Waals surface area contributed by atoms with Crippen molar-refractivity contribution in [1.29, 1.82) is 0 Å². The Morgan fingerprint density at radius 2 is 1.62 bits per heavy atom. The normalized spacial score (nSPS) is 10.6. The molecule has 9 nitrogen and oxygen atoms in total. The summed E-state index contributed by atoms with van der Waals surface area (Å²) >= 11 is 5.92. The number of nitrogens with zero attached hydrogens (tertiary/aromatic N) is 1. The van der Waals surface area contributed by atoms with E-state index in [-0.39, 0.29) is 6.54 Å². The molecule has 0 radical (unpaired) electrons. The number of carbonyl (C=O) groups is 2. The monoisotopic (exact) mass is 525 g/mol. The Balaban J connectivity index is 1.53. The third kappa shape index (κ3) is 8.15. The summed E-state index contributed by atoms with van der Waals surface area (Å²) in [5.41, 5.74) is 4.38. The van der Waals surface area contributed by atoms with Crippen molar-refractivity contribution in [2.24, 2.45) is 5.10 Å². The quantitative estimate of drug-likeness (QED) is 0.271. The average Bonchev–Trinajstić information content (AvgIpc) is 2.92. The average molecular weight is 526 g/mol. The van der Waals surface area contributed by atoms with E-state index in [0.717, 1.165) is 5.56 Å². The highest BCUT2D eigenvalue weighted by molar-refractivity contribution is 6.30. The number of ether oxygens (including phenoxy) is 4. The van der Waals surface area contributed by atoms with Gasteiger partial charge >= 0.3 is 0 Å². The van der Waals surface area contributed by atoms with Crippen molar-refractivity contribution in [3.05, 3.63) is 82.4 Å². The van der Waals surface area contributed by atoms with Crippen LogP contribution in [0.25, 0.3) is 0 Å². The molecule has 0 atom stereocenters. The Bertz CT molecular complexity index is 1250. The van der Waals surface area contributed by atoms with Gasteiger partial charge in [0.25, 0.3) is 11.8 Å². The van der Waals surface area contributed by atoms with Crippen molar-refractivity contribution < 1.29 is 28.5 Å². The summed E-state index contributed by atoms with van der Waals surface area (Å²) in [5, 5.41) is 7.15. The number of halogens is 1. The van der Waals surface area contributed by atoms with Crippen molar-refractivity contribution in [3.8, 4) is 23.0 Å². The standard InChI is InChI=1S/C27H28ClN3O6/c1-4-36-25-13-19(7-11-23(25)37-17-18-5-9-21(28)10-6-18)15-30-31-26(32)16-29-27(33)20-8-12-22(34-2)24(14-20)35-3/h5-15H,4,16-17H2,1-3H3,(H,29,33)(H,31,32)/b30-15-. The van der Waals surface area contributed by atoms with Gasteiger partial charge in [-0.3, -0.25) is 9.59 Å². The molecule has 2 amide bonds. The van der Waals surface area contributed by atoms with Gasteiger partial charge in [0.2, 0.25) is 0 Å². The van der Waals surface area contributed by atoms with Gasteiger partial charge in [-0.1, -0.05) is 23.7 Å². The zero-order valence-corrected chi connectivity index (χ0v) is 21.5. The molecule has 0 aliphatic carbocycles. The summed E-state index contributed by atoms with van der Waals surface area (Å²) in [4.78, 5) is 24.5. The molecule has 0 heterocycles. The SMILES string of the molecule is CCOc1cc(/C=N\NC(=O)CNC(=O)c2ccc(OC)c(OC)c2)ccc1OCc1ccc(Cl)cc1. The van der Waals surface area contributed by atoms with Crippen molar-refractivity contribution >= 4 is 29.6 Å². The molecule has 0 aromatic heterocycles. The van der Waals surface area contributed by atoms with E-state index in [9.17, 15) is 9.59 Å². The second-order valence-electron chi connectivity index (χ2n) is 7.60. The molecule has 194 valence electrons. The summed E-state index contributed by atoms with van der Waals surface area (Å²) < 4.78 is 21.9. The van der Waals surface area contributed by atoms with Gasteiger partial charge in [-0.05, 0) is 66.6 Å². The maximum absolute atomic E-state index is 12.3. The smallest absolute Gasteiger partial charge is 0.259 e. The largest absolute Gasteiger partial charge is 0.493 e. The third-order valence-corrected chi connectivity index (χ3v) is 5.29. The Kier molecular flexibility index (Phi) is 10.2. The molecule has 2 N–H and O–H groups in total. The lowest BCUT2D eigenvalue weighted by Gasteiger charge is -2.12. The number of hydrogen-bond donors (Lipinski definition) is 2. The fourth-order valence-corrected chi connectivity index (χ4v) is 3.32. The number of hydrazone groups is 1. The van der Waals surface area contributed by atoms with Crippen molar-refractivity contribution in [1.82, 2.24) is 10.7 Å². The molecular formula is C27H28ClN3O6. The van der Waals surface area contributed by atoms with Crippen LogP contribution in [0.15, 0.2) is 65.8 Å². The molecule has 3 aromatic rings. The molecule has 0 unspecified atom stereocenters. The first kappa shape index (κ1) is 27.3. The molecule has 0 fully saturated rings. The van der Waals surface area contributed by atoms with Crippen LogP contribution in [0.3, 0.4) is 0 Å². The van der Waals surface area contributed by atoms with Gasteiger partial charge in [-0.25, -0.2) is 5.43 Å². The number of methoxy groups -OCH3 is 2. The van der Waals surface area contributed by atoms with Gasteiger partial charge in [-0.15, -0.1) is 0 Å². The van der Waals surface area contributed by atoms with Crippen LogP contribution in [0.5, 0.6) is 23.0 Å². The summed E-state index contributed by atoms with van der Waals surface area (Å²) in [6.07, 6.45) is 1.47. The van der Waals surface area contributed by atoms with Crippen molar-refractivity contribution in [2.75, 3.05) is 27.4 Å². The van der Waals surface area contributed by atoms with Crippen LogP contribution in [0, 0.1) is 0 Å². The maximum Gasteiger partial charge on any atom is 0.259 e. The van der Waals surface area contributed by atoms with Gasteiger partial charge in [-0.2, -0.15) is 5.10 Å². The van der Waals surface area contributed by atoms with E-state index in [2.05, 4.69) is 15.8 Å². The number of rotatable bonds is 12.